The van der Waals surface area contributed by atoms with Crippen molar-refractivity contribution in [1.82, 2.24) is 4.90 Å². The molecule has 1 amide bonds. The molecule has 5 heteroatoms. The van der Waals surface area contributed by atoms with E-state index in [1.807, 2.05) is 6.92 Å². The van der Waals surface area contributed by atoms with Crippen LogP contribution in [0.15, 0.2) is 18.2 Å². The summed E-state index contributed by atoms with van der Waals surface area (Å²) in [6.45, 7) is 2.49. The first-order valence-electron chi connectivity index (χ1n) is 6.97. The van der Waals surface area contributed by atoms with Gasteiger partial charge in [0.2, 0.25) is 5.91 Å². The van der Waals surface area contributed by atoms with Crippen LogP contribution >= 0.6 is 0 Å². The number of nitrogens with zero attached hydrogens (tertiary/aromatic N) is 1. The molecule has 2 unspecified atom stereocenters. The molecule has 0 aromatic heterocycles. The van der Waals surface area contributed by atoms with Gasteiger partial charge in [-0.2, -0.15) is 0 Å². The number of benzene rings is 1. The molecule has 0 aliphatic carbocycles. The molecule has 0 saturated carbocycles. The molecule has 0 radical (unpaired) electrons. The summed E-state index contributed by atoms with van der Waals surface area (Å²) in [5.41, 5.74) is 6.94. The molecule has 1 saturated heterocycles. The van der Waals surface area contributed by atoms with E-state index in [4.69, 9.17) is 10.5 Å². The summed E-state index contributed by atoms with van der Waals surface area (Å²) in [4.78, 5) is 13.9. The Hall–Kier alpha value is -1.62. The Balaban J connectivity index is 2.39. The summed E-state index contributed by atoms with van der Waals surface area (Å²) >= 11 is 0. The molecule has 0 bridgehead atoms. The number of rotatable bonds is 3. The third kappa shape index (κ3) is 2.77. The Labute approximate surface area is 118 Å². The minimum absolute atomic E-state index is 0.0849. The van der Waals surface area contributed by atoms with Crippen LogP contribution in [0.5, 0.6) is 5.75 Å². The van der Waals surface area contributed by atoms with Crippen LogP contribution in [-0.2, 0) is 4.79 Å². The van der Waals surface area contributed by atoms with E-state index in [0.29, 0.717) is 13.0 Å². The Kier molecular flexibility index (Phi) is 4.60. The van der Waals surface area contributed by atoms with E-state index in [2.05, 4.69) is 0 Å². The number of nitrogens with two attached hydrogens (primary N) is 1. The first kappa shape index (κ1) is 14.8. The van der Waals surface area contributed by atoms with E-state index in [0.717, 1.165) is 18.4 Å². The summed E-state index contributed by atoms with van der Waals surface area (Å²) in [5, 5.41) is 0. The van der Waals surface area contributed by atoms with E-state index in [1.165, 1.54) is 13.2 Å². The zero-order valence-corrected chi connectivity index (χ0v) is 11.9. The molecule has 1 fully saturated rings. The van der Waals surface area contributed by atoms with Crippen molar-refractivity contribution in [3.05, 3.63) is 29.6 Å². The number of carbonyl (C=O) groups excluding carboxylic acids is 1. The third-order valence-electron chi connectivity index (χ3n) is 3.85. The number of carbonyl (C=O) groups is 1. The molecule has 1 aliphatic rings. The van der Waals surface area contributed by atoms with Crippen LogP contribution in [0, 0.1) is 5.82 Å². The number of likely N-dealkylation sites (tertiary alicyclic amines) is 1. The highest BCUT2D eigenvalue weighted by Crippen LogP contribution is 2.32. The summed E-state index contributed by atoms with van der Waals surface area (Å²) in [5.74, 6) is -0.142. The molecule has 1 heterocycles. The summed E-state index contributed by atoms with van der Waals surface area (Å²) < 4.78 is 18.8. The molecule has 1 aromatic carbocycles. The minimum Gasteiger partial charge on any atom is -0.494 e. The maximum absolute atomic E-state index is 13.9. The number of likely N-dealkylation sites (N-methyl/N-ethyl adjacent to an activating group) is 1. The van der Waals surface area contributed by atoms with Gasteiger partial charge in [-0.25, -0.2) is 4.39 Å². The average molecular weight is 280 g/mol. The van der Waals surface area contributed by atoms with Gasteiger partial charge in [-0.15, -0.1) is 0 Å². The Bertz CT molecular complexity index is 493. The number of halogens is 1. The SMILES string of the molecule is CCN1C(=O)CCCC(N)C1c1ccc(OC)c(F)c1. The van der Waals surface area contributed by atoms with Crippen LogP contribution in [0.3, 0.4) is 0 Å². The fourth-order valence-electron chi connectivity index (χ4n) is 2.84. The smallest absolute Gasteiger partial charge is 0.223 e. The lowest BCUT2D eigenvalue weighted by atomic mass is 9.96. The number of hydrogen-bond donors (Lipinski definition) is 1. The van der Waals surface area contributed by atoms with Gasteiger partial charge in [0, 0.05) is 19.0 Å². The number of methoxy groups -OCH3 is 1. The van der Waals surface area contributed by atoms with Crippen LogP contribution in [0.4, 0.5) is 4.39 Å². The second-order valence-corrected chi connectivity index (χ2v) is 5.07. The molecular formula is C15H21FN2O2. The molecule has 2 N–H and O–H groups in total. The standard InChI is InChI=1S/C15H21FN2O2/c1-3-18-14(19)6-4-5-12(17)15(18)10-7-8-13(20-2)11(16)9-10/h7-9,12,15H,3-6,17H2,1-2H3. The molecule has 1 aliphatic heterocycles. The van der Waals surface area contributed by atoms with Gasteiger partial charge in [0.1, 0.15) is 0 Å². The fraction of sp³-hybridized carbons (Fsp3) is 0.533. The van der Waals surface area contributed by atoms with Gasteiger partial charge in [-0.05, 0) is 37.5 Å². The minimum atomic E-state index is -0.426. The Morgan fingerprint density at radius 1 is 1.50 bits per heavy atom. The second kappa shape index (κ2) is 6.22. The second-order valence-electron chi connectivity index (χ2n) is 5.07. The van der Waals surface area contributed by atoms with Crippen molar-refractivity contribution in [2.24, 2.45) is 5.73 Å². The number of amides is 1. The summed E-state index contributed by atoms with van der Waals surface area (Å²) in [7, 11) is 1.43. The first-order chi connectivity index (χ1) is 9.58. The highest BCUT2D eigenvalue weighted by Gasteiger charge is 2.32. The lowest BCUT2D eigenvalue weighted by Gasteiger charge is -2.33. The quantitative estimate of drug-likeness (QED) is 0.923. The fourth-order valence-corrected chi connectivity index (χ4v) is 2.84. The highest BCUT2D eigenvalue weighted by molar-refractivity contribution is 5.77. The van der Waals surface area contributed by atoms with Gasteiger partial charge in [-0.1, -0.05) is 6.07 Å². The molecule has 4 nitrogen and oxygen atoms in total. The predicted molar refractivity (Wildman–Crippen MR) is 74.9 cm³/mol. The van der Waals surface area contributed by atoms with Gasteiger partial charge in [-0.3, -0.25) is 4.79 Å². The maximum atomic E-state index is 13.9. The van der Waals surface area contributed by atoms with Gasteiger partial charge in [0.05, 0.1) is 13.2 Å². The van der Waals surface area contributed by atoms with Crippen LogP contribution < -0.4 is 10.5 Å². The van der Waals surface area contributed by atoms with Crippen molar-refractivity contribution < 1.29 is 13.9 Å². The number of hydrogen-bond acceptors (Lipinski definition) is 3. The van der Waals surface area contributed by atoms with Crippen molar-refractivity contribution in [2.45, 2.75) is 38.3 Å². The van der Waals surface area contributed by atoms with Gasteiger partial charge < -0.3 is 15.4 Å². The van der Waals surface area contributed by atoms with Crippen molar-refractivity contribution in [2.75, 3.05) is 13.7 Å². The molecule has 0 spiro atoms. The average Bonchev–Trinajstić information content (AvgIpc) is 2.57. The monoisotopic (exact) mass is 280 g/mol. The van der Waals surface area contributed by atoms with Crippen molar-refractivity contribution >= 4 is 5.91 Å². The summed E-state index contributed by atoms with van der Waals surface area (Å²) in [6, 6.07) is 4.35. The van der Waals surface area contributed by atoms with E-state index in [-0.39, 0.29) is 23.7 Å². The topological polar surface area (TPSA) is 55.6 Å². The molecule has 110 valence electrons. The van der Waals surface area contributed by atoms with Crippen molar-refractivity contribution in [3.63, 3.8) is 0 Å². The molecule has 1 aromatic rings. The largest absolute Gasteiger partial charge is 0.494 e. The van der Waals surface area contributed by atoms with Crippen molar-refractivity contribution in [3.8, 4) is 5.75 Å². The van der Waals surface area contributed by atoms with Crippen LogP contribution in [0.25, 0.3) is 0 Å². The molecule has 2 rings (SSSR count). The zero-order chi connectivity index (χ0) is 14.7. The van der Waals surface area contributed by atoms with Gasteiger partial charge in [0.15, 0.2) is 11.6 Å². The van der Waals surface area contributed by atoms with Crippen LogP contribution in [0.2, 0.25) is 0 Å². The zero-order valence-electron chi connectivity index (χ0n) is 11.9. The van der Waals surface area contributed by atoms with Gasteiger partial charge >= 0.3 is 0 Å². The first-order valence-corrected chi connectivity index (χ1v) is 6.97. The Morgan fingerprint density at radius 3 is 2.85 bits per heavy atom. The summed E-state index contributed by atoms with van der Waals surface area (Å²) in [6.07, 6.45) is 2.06. The van der Waals surface area contributed by atoms with E-state index < -0.39 is 5.82 Å². The maximum Gasteiger partial charge on any atom is 0.223 e. The van der Waals surface area contributed by atoms with E-state index in [9.17, 15) is 9.18 Å². The Morgan fingerprint density at radius 2 is 2.25 bits per heavy atom. The number of ether oxygens (including phenoxy) is 1. The third-order valence-corrected chi connectivity index (χ3v) is 3.85. The van der Waals surface area contributed by atoms with E-state index in [1.54, 1.807) is 17.0 Å². The lowest BCUT2D eigenvalue weighted by Crippen LogP contribution is -2.42. The normalized spacial score (nSPS) is 23.6. The highest BCUT2D eigenvalue weighted by atomic mass is 19.1. The van der Waals surface area contributed by atoms with Gasteiger partial charge in [0.25, 0.3) is 0 Å². The predicted octanol–water partition coefficient (Wildman–Crippen LogP) is 2.24. The van der Waals surface area contributed by atoms with E-state index >= 15 is 0 Å². The lowest BCUT2D eigenvalue weighted by molar-refractivity contribution is -0.133. The molecule has 20 heavy (non-hydrogen) atoms. The van der Waals surface area contributed by atoms with Crippen LogP contribution in [-0.4, -0.2) is 30.5 Å². The molecular weight excluding hydrogens is 259 g/mol. The van der Waals surface area contributed by atoms with Crippen molar-refractivity contribution in [1.29, 1.82) is 0 Å². The van der Waals surface area contributed by atoms with Crippen LogP contribution in [0.1, 0.15) is 37.8 Å². The molecule has 2 atom stereocenters.